The molecule has 0 spiro atoms. The van der Waals surface area contributed by atoms with Crippen LogP contribution in [0.5, 0.6) is 0 Å². The van der Waals surface area contributed by atoms with Crippen molar-refractivity contribution in [3.05, 3.63) is 38.9 Å². The molecular weight excluding hydrogens is 362 g/mol. The average Bonchev–Trinajstić information content (AvgIpc) is 2.53. The van der Waals surface area contributed by atoms with Crippen molar-refractivity contribution in [3.8, 4) is 0 Å². The second-order valence-corrected chi connectivity index (χ2v) is 7.57. The molecule has 1 aliphatic heterocycles. The van der Waals surface area contributed by atoms with Crippen molar-refractivity contribution in [1.82, 2.24) is 10.2 Å². The summed E-state index contributed by atoms with van der Waals surface area (Å²) in [5.74, 6) is -0.413. The number of halogens is 1. The number of nitro groups is 1. The molecule has 2 amide bonds. The molecule has 0 saturated carbocycles. The van der Waals surface area contributed by atoms with E-state index >= 15 is 0 Å². The SMILES string of the molecule is CC(C)(C)OC(=O)NC1CCN(C(=O)c2ccc(Cl)cc2[N+](=O)[O-])CC1. The Kier molecular flexibility index (Phi) is 6.07. The maximum absolute atomic E-state index is 12.6. The number of nitrogens with zero attached hydrogens (tertiary/aromatic N) is 2. The molecule has 1 heterocycles. The first kappa shape index (κ1) is 20.0. The van der Waals surface area contributed by atoms with Crippen LogP contribution in [0.2, 0.25) is 5.02 Å². The second-order valence-electron chi connectivity index (χ2n) is 7.13. The van der Waals surface area contributed by atoms with Crippen molar-refractivity contribution in [2.75, 3.05) is 13.1 Å². The number of likely N-dealkylation sites (tertiary alicyclic amines) is 1. The Morgan fingerprint density at radius 3 is 2.46 bits per heavy atom. The Morgan fingerprint density at radius 2 is 1.92 bits per heavy atom. The molecule has 1 aromatic carbocycles. The molecule has 0 bridgehead atoms. The van der Waals surface area contributed by atoms with E-state index in [4.69, 9.17) is 16.3 Å². The number of rotatable bonds is 3. The van der Waals surface area contributed by atoms with Gasteiger partial charge >= 0.3 is 6.09 Å². The fourth-order valence-corrected chi connectivity index (χ4v) is 2.87. The van der Waals surface area contributed by atoms with Crippen molar-refractivity contribution < 1.29 is 19.2 Å². The van der Waals surface area contributed by atoms with Gasteiger partial charge in [-0.1, -0.05) is 11.6 Å². The number of alkyl carbamates (subject to hydrolysis) is 1. The highest BCUT2D eigenvalue weighted by Gasteiger charge is 2.29. The van der Waals surface area contributed by atoms with Crippen LogP contribution in [0.4, 0.5) is 10.5 Å². The van der Waals surface area contributed by atoms with Gasteiger partial charge in [-0.25, -0.2) is 4.79 Å². The number of amides is 2. The van der Waals surface area contributed by atoms with Crippen LogP contribution in [0.15, 0.2) is 18.2 Å². The number of carbonyl (C=O) groups excluding carboxylic acids is 2. The van der Waals surface area contributed by atoms with E-state index in [0.29, 0.717) is 25.9 Å². The quantitative estimate of drug-likeness (QED) is 0.636. The monoisotopic (exact) mass is 383 g/mol. The number of hydrogen-bond acceptors (Lipinski definition) is 5. The van der Waals surface area contributed by atoms with Gasteiger partial charge in [0.1, 0.15) is 11.2 Å². The summed E-state index contributed by atoms with van der Waals surface area (Å²) < 4.78 is 5.22. The summed E-state index contributed by atoms with van der Waals surface area (Å²) >= 11 is 5.78. The van der Waals surface area contributed by atoms with Gasteiger partial charge in [-0.05, 0) is 45.7 Å². The van der Waals surface area contributed by atoms with Crippen LogP contribution < -0.4 is 5.32 Å². The minimum atomic E-state index is -0.615. The van der Waals surface area contributed by atoms with Crippen molar-refractivity contribution in [2.45, 2.75) is 45.3 Å². The molecule has 1 aromatic rings. The molecule has 0 unspecified atom stereocenters. The lowest BCUT2D eigenvalue weighted by Gasteiger charge is -2.32. The van der Waals surface area contributed by atoms with Crippen molar-refractivity contribution in [1.29, 1.82) is 0 Å². The predicted octanol–water partition coefficient (Wildman–Crippen LogP) is 3.38. The highest BCUT2D eigenvalue weighted by molar-refractivity contribution is 6.31. The number of nitro benzene ring substituents is 1. The summed E-state index contributed by atoms with van der Waals surface area (Å²) in [5, 5.41) is 14.2. The lowest BCUT2D eigenvalue weighted by Crippen LogP contribution is -2.47. The zero-order valence-electron chi connectivity index (χ0n) is 15.0. The molecule has 0 radical (unpaired) electrons. The summed E-state index contributed by atoms with van der Waals surface area (Å²) in [6, 6.07) is 3.90. The van der Waals surface area contributed by atoms with Gasteiger partial charge in [0, 0.05) is 30.2 Å². The molecule has 1 saturated heterocycles. The molecule has 1 N–H and O–H groups in total. The summed E-state index contributed by atoms with van der Waals surface area (Å²) in [6.45, 7) is 6.13. The lowest BCUT2D eigenvalue weighted by atomic mass is 10.0. The van der Waals surface area contributed by atoms with Crippen LogP contribution >= 0.6 is 11.6 Å². The molecule has 0 atom stereocenters. The summed E-state index contributed by atoms with van der Waals surface area (Å²) in [6.07, 6.45) is 0.606. The molecule has 142 valence electrons. The third-order valence-electron chi connectivity index (χ3n) is 3.89. The second kappa shape index (κ2) is 7.90. The van der Waals surface area contributed by atoms with Gasteiger partial charge in [-0.3, -0.25) is 14.9 Å². The Balaban J connectivity index is 1.97. The minimum absolute atomic E-state index is 0.0120. The van der Waals surface area contributed by atoms with E-state index in [-0.39, 0.29) is 22.3 Å². The highest BCUT2D eigenvalue weighted by atomic mass is 35.5. The smallest absolute Gasteiger partial charge is 0.407 e. The molecule has 0 aliphatic carbocycles. The van der Waals surface area contributed by atoms with Crippen molar-refractivity contribution in [2.24, 2.45) is 0 Å². The Labute approximate surface area is 156 Å². The van der Waals surface area contributed by atoms with Gasteiger partial charge in [-0.2, -0.15) is 0 Å². The number of hydrogen-bond donors (Lipinski definition) is 1. The Bertz CT molecular complexity index is 709. The van der Waals surface area contributed by atoms with Gasteiger partial charge < -0.3 is 15.0 Å². The molecule has 8 nitrogen and oxygen atoms in total. The van der Waals surface area contributed by atoms with E-state index in [1.165, 1.54) is 18.2 Å². The van der Waals surface area contributed by atoms with Crippen LogP contribution in [0.1, 0.15) is 44.0 Å². The van der Waals surface area contributed by atoms with E-state index in [1.54, 1.807) is 25.7 Å². The molecule has 1 aliphatic rings. The first-order valence-electron chi connectivity index (χ1n) is 8.29. The van der Waals surface area contributed by atoms with Gasteiger partial charge in [0.25, 0.3) is 11.6 Å². The maximum Gasteiger partial charge on any atom is 0.407 e. The van der Waals surface area contributed by atoms with Gasteiger partial charge in [-0.15, -0.1) is 0 Å². The van der Waals surface area contributed by atoms with Crippen molar-refractivity contribution >= 4 is 29.3 Å². The predicted molar refractivity (Wildman–Crippen MR) is 96.4 cm³/mol. The summed E-state index contributed by atoms with van der Waals surface area (Å²) in [5.41, 5.74) is -0.872. The zero-order chi connectivity index (χ0) is 19.5. The van der Waals surface area contributed by atoms with Gasteiger partial charge in [0.15, 0.2) is 0 Å². The number of benzene rings is 1. The van der Waals surface area contributed by atoms with Crippen LogP contribution in [0.25, 0.3) is 0 Å². The lowest BCUT2D eigenvalue weighted by molar-refractivity contribution is -0.385. The number of ether oxygens (including phenoxy) is 1. The van der Waals surface area contributed by atoms with Crippen molar-refractivity contribution in [3.63, 3.8) is 0 Å². The third kappa shape index (κ3) is 5.32. The molecule has 0 aromatic heterocycles. The molecular formula is C17H22ClN3O5. The Morgan fingerprint density at radius 1 is 1.31 bits per heavy atom. The number of nitrogens with one attached hydrogen (secondary N) is 1. The maximum atomic E-state index is 12.6. The average molecular weight is 384 g/mol. The van der Waals surface area contributed by atoms with Crippen LogP contribution in [0.3, 0.4) is 0 Å². The van der Waals surface area contributed by atoms with E-state index in [2.05, 4.69) is 5.32 Å². The van der Waals surface area contributed by atoms with Crippen LogP contribution in [0, 0.1) is 10.1 Å². The van der Waals surface area contributed by atoms with E-state index in [0.717, 1.165) is 0 Å². The van der Waals surface area contributed by atoms with Crippen LogP contribution in [-0.2, 0) is 4.74 Å². The fraction of sp³-hybridized carbons (Fsp3) is 0.529. The van der Waals surface area contributed by atoms with Gasteiger partial charge in [0.05, 0.1) is 4.92 Å². The van der Waals surface area contributed by atoms with Crippen LogP contribution in [-0.4, -0.2) is 46.6 Å². The zero-order valence-corrected chi connectivity index (χ0v) is 15.7. The van der Waals surface area contributed by atoms with E-state index in [1.807, 2.05) is 0 Å². The molecule has 9 heteroatoms. The molecule has 26 heavy (non-hydrogen) atoms. The topological polar surface area (TPSA) is 102 Å². The molecule has 1 fully saturated rings. The standard InChI is InChI=1S/C17H22ClN3O5/c1-17(2,3)26-16(23)19-12-6-8-20(9-7-12)15(22)13-5-4-11(18)10-14(13)21(24)25/h4-5,10,12H,6-9H2,1-3H3,(H,19,23). The fourth-order valence-electron chi connectivity index (χ4n) is 2.71. The summed E-state index contributed by atoms with van der Waals surface area (Å²) in [4.78, 5) is 36.5. The van der Waals surface area contributed by atoms with E-state index < -0.39 is 22.5 Å². The third-order valence-corrected chi connectivity index (χ3v) is 4.13. The van der Waals surface area contributed by atoms with Gasteiger partial charge in [0.2, 0.25) is 0 Å². The first-order chi connectivity index (χ1) is 12.1. The highest BCUT2D eigenvalue weighted by Crippen LogP contribution is 2.25. The first-order valence-corrected chi connectivity index (χ1v) is 8.67. The van der Waals surface area contributed by atoms with E-state index in [9.17, 15) is 19.7 Å². The number of carbonyl (C=O) groups is 2. The molecule has 2 rings (SSSR count). The largest absolute Gasteiger partial charge is 0.444 e. The number of piperidine rings is 1. The minimum Gasteiger partial charge on any atom is -0.444 e. The summed E-state index contributed by atoms with van der Waals surface area (Å²) in [7, 11) is 0. The Hall–Kier alpha value is -2.35. The normalized spacial score (nSPS) is 15.5.